The van der Waals surface area contributed by atoms with Crippen molar-refractivity contribution in [3.05, 3.63) is 14.5 Å². The van der Waals surface area contributed by atoms with Crippen LogP contribution in [-0.4, -0.2) is 40.6 Å². The molecule has 16 heavy (non-hydrogen) atoms. The number of carbonyl (C=O) groups excluding carboxylic acids is 1. The Hall–Kier alpha value is -0.720. The Morgan fingerprint density at radius 2 is 2.31 bits per heavy atom. The van der Waals surface area contributed by atoms with Gasteiger partial charge in [0, 0.05) is 17.6 Å². The summed E-state index contributed by atoms with van der Waals surface area (Å²) in [6, 6.07) is -0.153. The molecule has 1 atom stereocenters. The third-order valence-electron chi connectivity index (χ3n) is 2.55. The van der Waals surface area contributed by atoms with E-state index in [2.05, 4.69) is 4.98 Å². The van der Waals surface area contributed by atoms with Crippen LogP contribution in [0.3, 0.4) is 0 Å². The average molecular weight is 260 g/mol. The molecule has 6 heteroatoms. The van der Waals surface area contributed by atoms with Crippen LogP contribution >= 0.6 is 23.6 Å². The second-order valence-corrected chi connectivity index (χ2v) is 5.55. The molecule has 0 spiro atoms. The van der Waals surface area contributed by atoms with Crippen LogP contribution < -0.4 is 0 Å². The molecule has 4 nitrogen and oxygen atoms in total. The first-order valence-electron chi connectivity index (χ1n) is 5.00. The fourth-order valence-electron chi connectivity index (χ4n) is 1.24. The quantitative estimate of drug-likeness (QED) is 0.807. The number of nitrogens with one attached hydrogen (secondary N) is 1. The maximum absolute atomic E-state index is 11.8. The highest BCUT2D eigenvalue weighted by Gasteiger charge is 2.16. The van der Waals surface area contributed by atoms with Crippen LogP contribution in [0.1, 0.15) is 17.5 Å². The van der Waals surface area contributed by atoms with Crippen LogP contribution in [0.15, 0.2) is 0 Å². The van der Waals surface area contributed by atoms with Crippen molar-refractivity contribution in [3.63, 3.8) is 0 Å². The smallest absolute Gasteiger partial charge is 0.227 e. The van der Waals surface area contributed by atoms with Gasteiger partial charge in [0.15, 0.2) is 3.95 Å². The third kappa shape index (κ3) is 3.13. The van der Waals surface area contributed by atoms with Gasteiger partial charge in [0.25, 0.3) is 0 Å². The van der Waals surface area contributed by atoms with E-state index in [-0.39, 0.29) is 18.6 Å². The van der Waals surface area contributed by atoms with E-state index in [9.17, 15) is 4.79 Å². The van der Waals surface area contributed by atoms with E-state index in [1.54, 1.807) is 11.9 Å². The highest BCUT2D eigenvalue weighted by Crippen LogP contribution is 2.16. The standard InChI is InChI=1S/C10H16N2O2S2/c1-6(5-13)12(3)9(14)4-8-7(2)11-10(15)16-8/h6,13H,4-5H2,1-3H3,(H,11,15). The summed E-state index contributed by atoms with van der Waals surface area (Å²) >= 11 is 6.44. The van der Waals surface area contributed by atoms with Crippen molar-refractivity contribution in [1.29, 1.82) is 0 Å². The molecule has 0 aromatic carbocycles. The molecule has 1 aromatic heterocycles. The van der Waals surface area contributed by atoms with Gasteiger partial charge in [-0.15, -0.1) is 11.3 Å². The van der Waals surface area contributed by atoms with Gasteiger partial charge in [0.05, 0.1) is 19.1 Å². The lowest BCUT2D eigenvalue weighted by Gasteiger charge is -2.22. The molecule has 1 unspecified atom stereocenters. The van der Waals surface area contributed by atoms with Crippen molar-refractivity contribution < 1.29 is 9.90 Å². The summed E-state index contributed by atoms with van der Waals surface area (Å²) in [5, 5.41) is 8.96. The maximum atomic E-state index is 11.8. The number of amides is 1. The number of nitrogens with zero attached hydrogens (tertiary/aromatic N) is 1. The van der Waals surface area contributed by atoms with Gasteiger partial charge in [-0.2, -0.15) is 0 Å². The first-order valence-corrected chi connectivity index (χ1v) is 6.23. The lowest BCUT2D eigenvalue weighted by Crippen LogP contribution is -2.38. The zero-order valence-corrected chi connectivity index (χ0v) is 11.2. The Labute approximate surface area is 104 Å². The molecule has 0 aliphatic carbocycles. The number of aromatic nitrogens is 1. The minimum Gasteiger partial charge on any atom is -0.394 e. The van der Waals surface area contributed by atoms with E-state index in [1.807, 2.05) is 13.8 Å². The summed E-state index contributed by atoms with van der Waals surface area (Å²) in [6.45, 7) is 3.69. The molecule has 0 bridgehead atoms. The molecular weight excluding hydrogens is 244 g/mol. The van der Waals surface area contributed by atoms with Crippen molar-refractivity contribution in [2.45, 2.75) is 26.3 Å². The number of likely N-dealkylation sites (N-methyl/N-ethyl adjacent to an activating group) is 1. The van der Waals surface area contributed by atoms with Crippen molar-refractivity contribution in [1.82, 2.24) is 9.88 Å². The Morgan fingerprint density at radius 1 is 1.69 bits per heavy atom. The van der Waals surface area contributed by atoms with Crippen molar-refractivity contribution in [2.24, 2.45) is 0 Å². The lowest BCUT2D eigenvalue weighted by atomic mass is 10.2. The lowest BCUT2D eigenvalue weighted by molar-refractivity contribution is -0.131. The molecule has 0 saturated carbocycles. The van der Waals surface area contributed by atoms with Crippen LogP contribution in [0, 0.1) is 10.9 Å². The van der Waals surface area contributed by atoms with E-state index in [0.29, 0.717) is 10.4 Å². The zero-order chi connectivity index (χ0) is 12.3. The van der Waals surface area contributed by atoms with Crippen LogP contribution in [-0.2, 0) is 11.2 Å². The largest absolute Gasteiger partial charge is 0.394 e. The molecule has 1 aromatic rings. The second kappa shape index (κ2) is 5.56. The van der Waals surface area contributed by atoms with Crippen LogP contribution in [0.5, 0.6) is 0 Å². The second-order valence-electron chi connectivity index (χ2n) is 3.78. The Morgan fingerprint density at radius 3 is 2.75 bits per heavy atom. The number of aryl methyl sites for hydroxylation is 1. The predicted octanol–water partition coefficient (Wildman–Crippen LogP) is 1.50. The monoisotopic (exact) mass is 260 g/mol. The molecular formula is C10H16N2O2S2. The van der Waals surface area contributed by atoms with E-state index in [4.69, 9.17) is 17.3 Å². The Kier molecular flexibility index (Phi) is 4.64. The highest BCUT2D eigenvalue weighted by molar-refractivity contribution is 7.73. The molecule has 1 heterocycles. The van der Waals surface area contributed by atoms with Crippen molar-refractivity contribution in [2.75, 3.05) is 13.7 Å². The van der Waals surface area contributed by atoms with Crippen molar-refractivity contribution >= 4 is 29.5 Å². The van der Waals surface area contributed by atoms with E-state index >= 15 is 0 Å². The molecule has 2 N–H and O–H groups in total. The molecule has 0 aliphatic heterocycles. The van der Waals surface area contributed by atoms with Crippen molar-refractivity contribution in [3.8, 4) is 0 Å². The molecule has 1 rings (SSSR count). The minimum atomic E-state index is -0.153. The summed E-state index contributed by atoms with van der Waals surface area (Å²) in [5.74, 6) is -0.00472. The summed E-state index contributed by atoms with van der Waals surface area (Å²) in [4.78, 5) is 17.4. The average Bonchev–Trinajstić information content (AvgIpc) is 2.55. The van der Waals surface area contributed by atoms with Gasteiger partial charge in [-0.3, -0.25) is 4.79 Å². The number of hydrogen-bond acceptors (Lipinski definition) is 4. The topological polar surface area (TPSA) is 56.3 Å². The molecule has 0 aliphatic rings. The molecule has 0 radical (unpaired) electrons. The fourth-order valence-corrected chi connectivity index (χ4v) is 2.52. The van der Waals surface area contributed by atoms with Gasteiger partial charge < -0.3 is 15.0 Å². The first kappa shape index (κ1) is 13.3. The van der Waals surface area contributed by atoms with Gasteiger partial charge in [0.1, 0.15) is 0 Å². The van der Waals surface area contributed by atoms with E-state index < -0.39 is 0 Å². The Balaban J connectivity index is 2.71. The van der Waals surface area contributed by atoms with Gasteiger partial charge in [-0.05, 0) is 26.1 Å². The summed E-state index contributed by atoms with van der Waals surface area (Å²) in [5.41, 5.74) is 0.952. The number of aliphatic hydroxyl groups excluding tert-OH is 1. The number of H-pyrrole nitrogens is 1. The summed E-state index contributed by atoms with van der Waals surface area (Å²) < 4.78 is 0.693. The number of rotatable bonds is 4. The normalized spacial score (nSPS) is 12.5. The van der Waals surface area contributed by atoms with Gasteiger partial charge in [-0.1, -0.05) is 0 Å². The predicted molar refractivity (Wildman–Crippen MR) is 67.3 cm³/mol. The number of carbonyl (C=O) groups is 1. The third-order valence-corrected chi connectivity index (χ3v) is 3.89. The summed E-state index contributed by atoms with van der Waals surface area (Å²) in [6.07, 6.45) is 0.338. The number of hydrogen-bond donors (Lipinski definition) is 2. The Bertz CT molecular complexity index is 425. The van der Waals surface area contributed by atoms with Gasteiger partial charge >= 0.3 is 0 Å². The van der Waals surface area contributed by atoms with Gasteiger partial charge in [-0.25, -0.2) is 0 Å². The highest BCUT2D eigenvalue weighted by atomic mass is 32.1. The summed E-state index contributed by atoms with van der Waals surface area (Å²) in [7, 11) is 1.70. The van der Waals surface area contributed by atoms with Gasteiger partial charge in [0.2, 0.25) is 5.91 Å². The molecule has 90 valence electrons. The van der Waals surface area contributed by atoms with Crippen LogP contribution in [0.4, 0.5) is 0 Å². The molecule has 0 fully saturated rings. The zero-order valence-electron chi connectivity index (χ0n) is 9.61. The number of thiazole rings is 1. The number of aromatic amines is 1. The van der Waals surface area contributed by atoms with Crippen LogP contribution in [0.25, 0.3) is 0 Å². The van der Waals surface area contributed by atoms with E-state index in [1.165, 1.54) is 11.3 Å². The fraction of sp³-hybridized carbons (Fsp3) is 0.600. The van der Waals surface area contributed by atoms with Crippen LogP contribution in [0.2, 0.25) is 0 Å². The number of aliphatic hydroxyl groups is 1. The SMILES string of the molecule is Cc1[nH]c(=S)sc1CC(=O)N(C)C(C)CO. The first-order chi connectivity index (χ1) is 7.45. The molecule has 1 amide bonds. The minimum absolute atomic E-state index is 0.00472. The van der Waals surface area contributed by atoms with E-state index in [0.717, 1.165) is 10.6 Å². The maximum Gasteiger partial charge on any atom is 0.227 e. The molecule has 0 saturated heterocycles.